The molecule has 1 aromatic rings. The molecule has 0 fully saturated rings. The molecule has 1 aromatic carbocycles. The van der Waals surface area contributed by atoms with Gasteiger partial charge in [-0.2, -0.15) is 8.78 Å². The van der Waals surface area contributed by atoms with E-state index in [9.17, 15) is 22.8 Å². The number of hydrogen-bond donors (Lipinski definition) is 2. The maximum Gasteiger partial charge on any atom is 0.387 e. The third-order valence-electron chi connectivity index (χ3n) is 2.16. The highest BCUT2D eigenvalue weighted by atomic mass is 32.2. The van der Waals surface area contributed by atoms with E-state index in [1.54, 1.807) is 0 Å². The lowest BCUT2D eigenvalue weighted by Crippen LogP contribution is -2.26. The van der Waals surface area contributed by atoms with Crippen molar-refractivity contribution in [2.75, 3.05) is 18.1 Å². The monoisotopic (exact) mass is 323 g/mol. The largest absolute Gasteiger partial charge is 0.481 e. The minimum atomic E-state index is -3.18. The zero-order valence-electron chi connectivity index (χ0n) is 10.6. The van der Waals surface area contributed by atoms with Gasteiger partial charge in [-0.15, -0.1) is 11.8 Å². The average Bonchev–Trinajstić information content (AvgIpc) is 2.37. The molecule has 0 saturated carbocycles. The van der Waals surface area contributed by atoms with Crippen LogP contribution in [-0.4, -0.2) is 41.6 Å². The number of hydrogen-bond acceptors (Lipinski definition) is 4. The fourth-order valence-corrected chi connectivity index (χ4v) is 1.93. The molecule has 0 aliphatic rings. The maximum absolute atomic E-state index is 13.0. The Bertz CT molecular complexity index is 513. The Morgan fingerprint density at radius 1 is 1.38 bits per heavy atom. The number of carboxylic acid groups (broad SMARTS) is 1. The Hall–Kier alpha value is -1.90. The van der Waals surface area contributed by atoms with Gasteiger partial charge in [-0.3, -0.25) is 9.59 Å². The van der Waals surface area contributed by atoms with Crippen LogP contribution in [0.15, 0.2) is 18.2 Å². The number of alkyl halides is 2. The van der Waals surface area contributed by atoms with Crippen LogP contribution < -0.4 is 10.1 Å². The summed E-state index contributed by atoms with van der Waals surface area (Å²) in [6.07, 6.45) is 0. The lowest BCUT2D eigenvalue weighted by molar-refractivity contribution is -0.133. The first-order chi connectivity index (χ1) is 9.90. The van der Waals surface area contributed by atoms with Crippen molar-refractivity contribution in [3.8, 4) is 5.75 Å². The first kappa shape index (κ1) is 17.2. The topological polar surface area (TPSA) is 75.6 Å². The molecule has 0 radical (unpaired) electrons. The molecule has 0 bridgehead atoms. The van der Waals surface area contributed by atoms with Gasteiger partial charge in [-0.1, -0.05) is 0 Å². The normalized spacial score (nSPS) is 10.5. The molecule has 0 spiro atoms. The summed E-state index contributed by atoms with van der Waals surface area (Å²) in [5.74, 6) is -2.81. The molecule has 1 rings (SSSR count). The first-order valence-corrected chi connectivity index (χ1v) is 6.87. The molecule has 2 N–H and O–H groups in total. The molecule has 0 unspecified atom stereocenters. The van der Waals surface area contributed by atoms with Gasteiger partial charge in [0.15, 0.2) is 0 Å². The van der Waals surface area contributed by atoms with Crippen LogP contribution in [0.1, 0.15) is 10.4 Å². The van der Waals surface area contributed by atoms with Gasteiger partial charge in [0.25, 0.3) is 5.91 Å². The number of carboxylic acids is 1. The Balaban J connectivity index is 2.58. The van der Waals surface area contributed by atoms with Crippen molar-refractivity contribution in [1.29, 1.82) is 0 Å². The van der Waals surface area contributed by atoms with Crippen molar-refractivity contribution in [3.63, 3.8) is 0 Å². The summed E-state index contributed by atoms with van der Waals surface area (Å²) < 4.78 is 41.4. The number of benzene rings is 1. The highest BCUT2D eigenvalue weighted by molar-refractivity contribution is 7.99. The summed E-state index contributed by atoms with van der Waals surface area (Å²) in [7, 11) is 0. The Morgan fingerprint density at radius 2 is 2.10 bits per heavy atom. The molecule has 21 heavy (non-hydrogen) atoms. The smallest absolute Gasteiger partial charge is 0.387 e. The van der Waals surface area contributed by atoms with Gasteiger partial charge < -0.3 is 15.2 Å². The number of aliphatic carboxylic acids is 1. The van der Waals surface area contributed by atoms with Gasteiger partial charge in [0, 0.05) is 18.4 Å². The molecular formula is C12H12F3NO4S. The van der Waals surface area contributed by atoms with Crippen LogP contribution >= 0.6 is 11.8 Å². The van der Waals surface area contributed by atoms with E-state index >= 15 is 0 Å². The molecule has 0 saturated heterocycles. The molecule has 0 aromatic heterocycles. The van der Waals surface area contributed by atoms with Crippen molar-refractivity contribution in [3.05, 3.63) is 29.6 Å². The highest BCUT2D eigenvalue weighted by Gasteiger charge is 2.16. The number of carbonyl (C=O) groups excluding carboxylic acids is 1. The zero-order valence-corrected chi connectivity index (χ0v) is 11.5. The van der Waals surface area contributed by atoms with Crippen molar-refractivity contribution < 1.29 is 32.6 Å². The quantitative estimate of drug-likeness (QED) is 0.716. The first-order valence-electron chi connectivity index (χ1n) is 5.72. The van der Waals surface area contributed by atoms with E-state index < -0.39 is 30.1 Å². The number of ether oxygens (including phenoxy) is 1. The van der Waals surface area contributed by atoms with Crippen LogP contribution in [0.25, 0.3) is 0 Å². The number of halogens is 3. The summed E-state index contributed by atoms with van der Waals surface area (Å²) in [6, 6.07) is 2.68. The number of rotatable bonds is 8. The predicted octanol–water partition coefficient (Wildman–Crippen LogP) is 1.97. The van der Waals surface area contributed by atoms with E-state index in [0.29, 0.717) is 11.8 Å². The van der Waals surface area contributed by atoms with Crippen LogP contribution in [0, 0.1) is 5.82 Å². The van der Waals surface area contributed by atoms with Gasteiger partial charge >= 0.3 is 12.6 Å². The zero-order chi connectivity index (χ0) is 15.8. The number of nitrogens with one attached hydrogen (secondary N) is 1. The standard InChI is InChI=1S/C12H12F3NO4S/c13-7-1-2-8(9(5-7)20-12(14)15)11(19)16-3-4-21-6-10(17)18/h1-2,5,12H,3-4,6H2,(H,16,19)(H,17,18). The molecule has 1 amide bonds. The van der Waals surface area contributed by atoms with Gasteiger partial charge in [-0.25, -0.2) is 4.39 Å². The van der Waals surface area contributed by atoms with Crippen LogP contribution in [0.3, 0.4) is 0 Å². The Kier molecular flexibility index (Phi) is 6.86. The van der Waals surface area contributed by atoms with E-state index in [1.807, 2.05) is 0 Å². The van der Waals surface area contributed by atoms with E-state index in [2.05, 4.69) is 10.1 Å². The van der Waals surface area contributed by atoms with Crippen molar-refractivity contribution in [1.82, 2.24) is 5.32 Å². The van der Waals surface area contributed by atoms with Gasteiger partial charge in [0.2, 0.25) is 0 Å². The summed E-state index contributed by atoms with van der Waals surface area (Å²) in [5.41, 5.74) is -0.222. The minimum Gasteiger partial charge on any atom is -0.481 e. The molecule has 9 heteroatoms. The second kappa shape index (κ2) is 8.40. The van der Waals surface area contributed by atoms with Crippen LogP contribution in [0.5, 0.6) is 5.75 Å². The molecule has 0 aliphatic heterocycles. The third-order valence-corrected chi connectivity index (χ3v) is 3.11. The summed E-state index contributed by atoms with van der Waals surface area (Å²) >= 11 is 1.09. The van der Waals surface area contributed by atoms with Gasteiger partial charge in [0.1, 0.15) is 11.6 Å². The summed E-state index contributed by atoms with van der Waals surface area (Å²) in [5, 5.41) is 10.8. The molecule has 0 aliphatic carbocycles. The summed E-state index contributed by atoms with van der Waals surface area (Å²) in [4.78, 5) is 22.0. The van der Waals surface area contributed by atoms with Crippen LogP contribution in [-0.2, 0) is 4.79 Å². The molecule has 116 valence electrons. The van der Waals surface area contributed by atoms with Gasteiger partial charge in [0.05, 0.1) is 11.3 Å². The third kappa shape index (κ3) is 6.39. The van der Waals surface area contributed by atoms with Crippen LogP contribution in [0.4, 0.5) is 13.2 Å². The molecule has 0 atom stereocenters. The predicted molar refractivity (Wildman–Crippen MR) is 70.3 cm³/mol. The second-order valence-electron chi connectivity index (χ2n) is 3.72. The highest BCUT2D eigenvalue weighted by Crippen LogP contribution is 2.22. The van der Waals surface area contributed by atoms with Gasteiger partial charge in [-0.05, 0) is 12.1 Å². The minimum absolute atomic E-state index is 0.105. The van der Waals surface area contributed by atoms with Crippen molar-refractivity contribution >= 4 is 23.6 Å². The lowest BCUT2D eigenvalue weighted by Gasteiger charge is -2.11. The van der Waals surface area contributed by atoms with E-state index in [-0.39, 0.29) is 17.9 Å². The fraction of sp³-hybridized carbons (Fsp3) is 0.333. The van der Waals surface area contributed by atoms with Crippen LogP contribution in [0.2, 0.25) is 0 Å². The van der Waals surface area contributed by atoms with E-state index in [0.717, 1.165) is 23.9 Å². The lowest BCUT2D eigenvalue weighted by atomic mass is 10.2. The van der Waals surface area contributed by atoms with Crippen molar-refractivity contribution in [2.45, 2.75) is 6.61 Å². The van der Waals surface area contributed by atoms with E-state index in [1.165, 1.54) is 0 Å². The number of thioether (sulfide) groups is 1. The van der Waals surface area contributed by atoms with Crippen molar-refractivity contribution in [2.24, 2.45) is 0 Å². The molecule has 0 heterocycles. The molecule has 5 nitrogen and oxygen atoms in total. The number of amides is 1. The number of carbonyl (C=O) groups is 2. The summed E-state index contributed by atoms with van der Waals surface area (Å²) in [6.45, 7) is -3.04. The van der Waals surface area contributed by atoms with E-state index in [4.69, 9.17) is 5.11 Å². The fourth-order valence-electron chi connectivity index (χ4n) is 1.37. The second-order valence-corrected chi connectivity index (χ2v) is 4.83. The molecular weight excluding hydrogens is 311 g/mol. The average molecular weight is 323 g/mol. The maximum atomic E-state index is 13.0. The Labute approximate surface area is 122 Å². The Morgan fingerprint density at radius 3 is 2.71 bits per heavy atom. The SMILES string of the molecule is O=C(O)CSCCNC(=O)c1ccc(F)cc1OC(F)F.